The Hall–Kier alpha value is -3.47. The molecule has 5 aromatic rings. The summed E-state index contributed by atoms with van der Waals surface area (Å²) in [6, 6.07) is 50.2. The summed E-state index contributed by atoms with van der Waals surface area (Å²) in [5.74, 6) is 0. The second kappa shape index (κ2) is 9.13. The maximum Gasteiger partial charge on any atom is -0.0134 e. The summed E-state index contributed by atoms with van der Waals surface area (Å²) in [5.41, 5.74) is 5.02. The molecule has 0 heterocycles. The molecule has 0 fully saturated rings. The highest BCUT2D eigenvalue weighted by atomic mass is 31.1. The van der Waals surface area contributed by atoms with Crippen molar-refractivity contribution < 1.29 is 0 Å². The molecule has 0 saturated carbocycles. The Labute approximate surface area is 185 Å². The van der Waals surface area contributed by atoms with Gasteiger partial charge in [-0.05, 0) is 46.1 Å². The Balaban J connectivity index is 1.52. The molecule has 0 aromatic heterocycles. The fourth-order valence-corrected chi connectivity index (χ4v) is 6.15. The average molecular weight is 414 g/mol. The molecule has 5 rings (SSSR count). The first-order valence-corrected chi connectivity index (χ1v) is 11.9. The molecule has 0 nitrogen and oxygen atoms in total. The van der Waals surface area contributed by atoms with Gasteiger partial charge < -0.3 is 0 Å². The fraction of sp³-hybridized carbons (Fsp3) is 0. The van der Waals surface area contributed by atoms with Gasteiger partial charge >= 0.3 is 0 Å². The first-order chi connectivity index (χ1) is 15.4. The molecule has 0 aliphatic heterocycles. The average Bonchev–Trinajstić information content (AvgIpc) is 2.87. The van der Waals surface area contributed by atoms with Crippen molar-refractivity contribution in [2.45, 2.75) is 0 Å². The van der Waals surface area contributed by atoms with E-state index in [-0.39, 0.29) is 0 Å². The van der Waals surface area contributed by atoms with E-state index in [0.29, 0.717) is 0 Å². The third-order valence-electron chi connectivity index (χ3n) is 5.48. The molecule has 0 spiro atoms. The van der Waals surface area contributed by atoms with Crippen molar-refractivity contribution in [3.05, 3.63) is 140 Å². The lowest BCUT2D eigenvalue weighted by Crippen LogP contribution is -2.20. The predicted molar refractivity (Wildman–Crippen MR) is 136 cm³/mol. The zero-order valence-electron chi connectivity index (χ0n) is 17.2. The van der Waals surface area contributed by atoms with Crippen LogP contribution in [0, 0.1) is 0 Å². The second-order valence-corrected chi connectivity index (χ2v) is 9.72. The molecule has 0 unspecified atom stereocenters. The standard InChI is InChI=1S/C30H23P/c1-4-10-24(11-5-1)26-16-20-29(21-17-26)31(28-14-8-3-9-15-28)30-22-18-27(19-23-30)25-12-6-2-7-13-25/h1-23H. The van der Waals surface area contributed by atoms with E-state index in [1.165, 1.54) is 38.2 Å². The van der Waals surface area contributed by atoms with Crippen LogP contribution in [-0.4, -0.2) is 0 Å². The van der Waals surface area contributed by atoms with Gasteiger partial charge in [-0.2, -0.15) is 0 Å². The van der Waals surface area contributed by atoms with Gasteiger partial charge in [0.15, 0.2) is 0 Å². The second-order valence-electron chi connectivity index (χ2n) is 7.50. The van der Waals surface area contributed by atoms with E-state index in [1.807, 2.05) is 0 Å². The smallest absolute Gasteiger partial charge is 0.0134 e. The first-order valence-electron chi connectivity index (χ1n) is 10.5. The van der Waals surface area contributed by atoms with Crippen molar-refractivity contribution in [1.82, 2.24) is 0 Å². The molecular formula is C30H23P. The van der Waals surface area contributed by atoms with E-state index in [9.17, 15) is 0 Å². The van der Waals surface area contributed by atoms with Gasteiger partial charge in [0, 0.05) is 0 Å². The summed E-state index contributed by atoms with van der Waals surface area (Å²) < 4.78 is 0. The summed E-state index contributed by atoms with van der Waals surface area (Å²) in [7, 11) is -0.609. The molecular weight excluding hydrogens is 391 g/mol. The van der Waals surface area contributed by atoms with Crippen LogP contribution >= 0.6 is 7.92 Å². The van der Waals surface area contributed by atoms with Crippen molar-refractivity contribution in [2.24, 2.45) is 0 Å². The van der Waals surface area contributed by atoms with Crippen LogP contribution in [0.25, 0.3) is 22.3 Å². The van der Waals surface area contributed by atoms with E-state index < -0.39 is 7.92 Å². The number of hydrogen-bond donors (Lipinski definition) is 0. The molecule has 0 radical (unpaired) electrons. The fourth-order valence-electron chi connectivity index (χ4n) is 3.89. The lowest BCUT2D eigenvalue weighted by molar-refractivity contribution is 1.63. The van der Waals surface area contributed by atoms with Crippen molar-refractivity contribution in [3.63, 3.8) is 0 Å². The monoisotopic (exact) mass is 414 g/mol. The summed E-state index contributed by atoms with van der Waals surface area (Å²) in [6.45, 7) is 0. The molecule has 0 N–H and O–H groups in total. The van der Waals surface area contributed by atoms with Crippen molar-refractivity contribution >= 4 is 23.8 Å². The highest BCUT2D eigenvalue weighted by Gasteiger charge is 2.16. The first kappa shape index (κ1) is 19.5. The normalized spacial score (nSPS) is 10.9. The molecule has 0 aliphatic carbocycles. The molecule has 0 aliphatic rings. The minimum absolute atomic E-state index is 0.609. The molecule has 5 aromatic carbocycles. The van der Waals surface area contributed by atoms with Crippen LogP contribution < -0.4 is 15.9 Å². The third-order valence-corrected chi connectivity index (χ3v) is 7.92. The van der Waals surface area contributed by atoms with Gasteiger partial charge in [0.25, 0.3) is 0 Å². The molecule has 1 heteroatoms. The molecule has 0 bridgehead atoms. The van der Waals surface area contributed by atoms with E-state index in [2.05, 4.69) is 140 Å². The van der Waals surface area contributed by atoms with E-state index in [4.69, 9.17) is 0 Å². The van der Waals surface area contributed by atoms with Gasteiger partial charge in [-0.3, -0.25) is 0 Å². The van der Waals surface area contributed by atoms with Crippen LogP contribution in [0.2, 0.25) is 0 Å². The van der Waals surface area contributed by atoms with Gasteiger partial charge in [-0.1, -0.05) is 140 Å². The Morgan fingerprint density at radius 1 is 0.258 bits per heavy atom. The molecule has 148 valence electrons. The van der Waals surface area contributed by atoms with Crippen LogP contribution in [-0.2, 0) is 0 Å². The summed E-state index contributed by atoms with van der Waals surface area (Å²) >= 11 is 0. The van der Waals surface area contributed by atoms with Crippen LogP contribution in [0.4, 0.5) is 0 Å². The zero-order valence-corrected chi connectivity index (χ0v) is 18.1. The zero-order chi connectivity index (χ0) is 20.9. The predicted octanol–water partition coefficient (Wildman–Crippen LogP) is 6.78. The van der Waals surface area contributed by atoms with E-state index in [0.717, 1.165) is 0 Å². The van der Waals surface area contributed by atoms with Crippen LogP contribution in [0.15, 0.2) is 140 Å². The van der Waals surface area contributed by atoms with Gasteiger partial charge in [0.1, 0.15) is 0 Å². The summed E-state index contributed by atoms with van der Waals surface area (Å²) in [4.78, 5) is 0. The summed E-state index contributed by atoms with van der Waals surface area (Å²) in [6.07, 6.45) is 0. The lowest BCUT2D eigenvalue weighted by Gasteiger charge is -2.20. The van der Waals surface area contributed by atoms with E-state index >= 15 is 0 Å². The van der Waals surface area contributed by atoms with Gasteiger partial charge in [0.2, 0.25) is 0 Å². The number of rotatable bonds is 5. The Morgan fingerprint density at radius 3 is 0.935 bits per heavy atom. The van der Waals surface area contributed by atoms with Gasteiger partial charge in [0.05, 0.1) is 0 Å². The van der Waals surface area contributed by atoms with Crippen LogP contribution in [0.1, 0.15) is 0 Å². The SMILES string of the molecule is c1ccc(-c2ccc(P(c3ccccc3)c3ccc(-c4ccccc4)cc3)cc2)cc1. The maximum absolute atomic E-state index is 2.30. The molecule has 0 saturated heterocycles. The maximum atomic E-state index is 2.30. The Morgan fingerprint density at radius 2 is 0.548 bits per heavy atom. The Kier molecular flexibility index (Phi) is 5.74. The van der Waals surface area contributed by atoms with Crippen molar-refractivity contribution in [1.29, 1.82) is 0 Å². The van der Waals surface area contributed by atoms with Crippen molar-refractivity contribution in [2.75, 3.05) is 0 Å². The third kappa shape index (κ3) is 4.36. The highest BCUT2D eigenvalue weighted by molar-refractivity contribution is 7.79. The number of hydrogen-bond acceptors (Lipinski definition) is 0. The minimum Gasteiger partial charge on any atom is -0.0622 e. The minimum atomic E-state index is -0.609. The van der Waals surface area contributed by atoms with Crippen LogP contribution in [0.5, 0.6) is 0 Å². The topological polar surface area (TPSA) is 0 Å². The lowest BCUT2D eigenvalue weighted by atomic mass is 10.1. The van der Waals surface area contributed by atoms with Gasteiger partial charge in [-0.15, -0.1) is 0 Å². The van der Waals surface area contributed by atoms with Crippen molar-refractivity contribution in [3.8, 4) is 22.3 Å². The largest absolute Gasteiger partial charge is 0.0622 e. The molecule has 0 amide bonds. The number of benzene rings is 5. The quantitative estimate of drug-likeness (QED) is 0.278. The molecule has 31 heavy (non-hydrogen) atoms. The highest BCUT2D eigenvalue weighted by Crippen LogP contribution is 2.34. The summed E-state index contributed by atoms with van der Waals surface area (Å²) in [5, 5.41) is 4.11. The van der Waals surface area contributed by atoms with E-state index in [1.54, 1.807) is 0 Å². The Bertz CT molecular complexity index is 1140. The van der Waals surface area contributed by atoms with Crippen LogP contribution in [0.3, 0.4) is 0 Å². The molecule has 0 atom stereocenters. The van der Waals surface area contributed by atoms with Gasteiger partial charge in [-0.25, -0.2) is 0 Å².